The van der Waals surface area contributed by atoms with Crippen molar-refractivity contribution in [1.82, 2.24) is 4.98 Å². The van der Waals surface area contributed by atoms with Crippen molar-refractivity contribution in [2.24, 2.45) is 0 Å². The lowest BCUT2D eigenvalue weighted by molar-refractivity contribution is 0.576. The van der Waals surface area contributed by atoms with Gasteiger partial charge in [0, 0.05) is 11.6 Å². The summed E-state index contributed by atoms with van der Waals surface area (Å²) in [6.45, 7) is 2.28. The topological polar surface area (TPSA) is 12.9 Å². The van der Waals surface area contributed by atoms with Crippen molar-refractivity contribution in [2.45, 2.75) is 64.7 Å². The number of benzene rings is 1. The van der Waals surface area contributed by atoms with E-state index in [1.165, 1.54) is 68.7 Å². The van der Waals surface area contributed by atoms with Gasteiger partial charge in [-0.1, -0.05) is 70.1 Å². The molecule has 2 aromatic rings. The van der Waals surface area contributed by atoms with E-state index >= 15 is 0 Å². The average Bonchev–Trinajstić information content (AvgIpc) is 2.50. The number of hydrogen-bond acceptors (Lipinski definition) is 1. The molecule has 0 radical (unpaired) electrons. The fourth-order valence-electron chi connectivity index (χ4n) is 2.83. The van der Waals surface area contributed by atoms with Gasteiger partial charge in [0.15, 0.2) is 0 Å². The van der Waals surface area contributed by atoms with Crippen molar-refractivity contribution in [3.63, 3.8) is 0 Å². The van der Waals surface area contributed by atoms with Crippen LogP contribution in [-0.2, 0) is 6.42 Å². The van der Waals surface area contributed by atoms with E-state index in [-0.39, 0.29) is 0 Å². The molecule has 0 saturated carbocycles. The molecule has 0 atom stereocenters. The standard InChI is InChI=1S/C19H27N/c1-2-3-4-5-6-7-8-9-12-17-13-10-15-19-18(17)14-11-16-20-19/h10-11,13-16H,2-9,12H2,1H3. The molecule has 1 heteroatoms. The van der Waals surface area contributed by atoms with Crippen molar-refractivity contribution < 1.29 is 0 Å². The average molecular weight is 269 g/mol. The minimum absolute atomic E-state index is 1.13. The largest absolute Gasteiger partial charge is 0.256 e. The van der Waals surface area contributed by atoms with Crippen molar-refractivity contribution in [1.29, 1.82) is 0 Å². The number of pyridine rings is 1. The highest BCUT2D eigenvalue weighted by Gasteiger charge is 2.00. The van der Waals surface area contributed by atoms with Gasteiger partial charge < -0.3 is 0 Å². The molecule has 0 aliphatic carbocycles. The molecule has 1 heterocycles. The van der Waals surface area contributed by atoms with Crippen LogP contribution in [-0.4, -0.2) is 4.98 Å². The Morgan fingerprint density at radius 3 is 2.35 bits per heavy atom. The summed E-state index contributed by atoms with van der Waals surface area (Å²) in [6, 6.07) is 10.7. The Hall–Kier alpha value is -1.37. The highest BCUT2D eigenvalue weighted by molar-refractivity contribution is 5.81. The monoisotopic (exact) mass is 269 g/mol. The predicted molar refractivity (Wildman–Crippen MR) is 88.1 cm³/mol. The Kier molecular flexibility index (Phi) is 6.56. The van der Waals surface area contributed by atoms with Gasteiger partial charge in [0.2, 0.25) is 0 Å². The number of unbranched alkanes of at least 4 members (excludes halogenated alkanes) is 7. The molecule has 0 aliphatic heterocycles. The van der Waals surface area contributed by atoms with Crippen LogP contribution in [0.3, 0.4) is 0 Å². The molecule has 1 nitrogen and oxygen atoms in total. The molecule has 0 saturated heterocycles. The highest BCUT2D eigenvalue weighted by Crippen LogP contribution is 2.19. The molecule has 0 unspecified atom stereocenters. The second-order valence-electron chi connectivity index (χ2n) is 5.71. The van der Waals surface area contributed by atoms with E-state index in [9.17, 15) is 0 Å². The molecule has 20 heavy (non-hydrogen) atoms. The summed E-state index contributed by atoms with van der Waals surface area (Å²) in [6.07, 6.45) is 14.1. The van der Waals surface area contributed by atoms with Gasteiger partial charge in [-0.25, -0.2) is 0 Å². The van der Waals surface area contributed by atoms with Crippen LogP contribution < -0.4 is 0 Å². The normalized spacial score (nSPS) is 11.1. The first kappa shape index (κ1) is 15.0. The molecular formula is C19H27N. The number of aryl methyl sites for hydroxylation is 1. The summed E-state index contributed by atoms with van der Waals surface area (Å²) in [7, 11) is 0. The molecule has 108 valence electrons. The number of aromatic nitrogens is 1. The van der Waals surface area contributed by atoms with Crippen LogP contribution in [0, 0.1) is 0 Å². The number of nitrogens with zero attached hydrogens (tertiary/aromatic N) is 1. The molecule has 0 N–H and O–H groups in total. The molecule has 1 aromatic carbocycles. The Labute approximate surface area is 123 Å². The predicted octanol–water partition coefficient (Wildman–Crippen LogP) is 5.92. The third kappa shape index (κ3) is 4.63. The smallest absolute Gasteiger partial charge is 0.0704 e. The van der Waals surface area contributed by atoms with Gasteiger partial charge in [-0.3, -0.25) is 4.98 Å². The Morgan fingerprint density at radius 1 is 0.800 bits per heavy atom. The summed E-state index contributed by atoms with van der Waals surface area (Å²) in [5, 5.41) is 1.33. The van der Waals surface area contributed by atoms with Crippen LogP contribution >= 0.6 is 0 Å². The van der Waals surface area contributed by atoms with Gasteiger partial charge in [-0.05, 0) is 30.5 Å². The first-order valence-electron chi connectivity index (χ1n) is 8.24. The molecule has 0 spiro atoms. The summed E-state index contributed by atoms with van der Waals surface area (Å²) in [5.41, 5.74) is 2.59. The van der Waals surface area contributed by atoms with Gasteiger partial charge in [-0.15, -0.1) is 0 Å². The number of fused-ring (bicyclic) bond motifs is 1. The second-order valence-corrected chi connectivity index (χ2v) is 5.71. The molecule has 0 fully saturated rings. The van der Waals surface area contributed by atoms with Crippen molar-refractivity contribution in [3.8, 4) is 0 Å². The fraction of sp³-hybridized carbons (Fsp3) is 0.526. The maximum Gasteiger partial charge on any atom is 0.0704 e. The van der Waals surface area contributed by atoms with E-state index in [0.717, 1.165) is 5.52 Å². The van der Waals surface area contributed by atoms with Crippen LogP contribution in [0.4, 0.5) is 0 Å². The fourth-order valence-corrected chi connectivity index (χ4v) is 2.83. The maximum atomic E-state index is 4.43. The van der Waals surface area contributed by atoms with Crippen molar-refractivity contribution in [3.05, 3.63) is 42.1 Å². The summed E-state index contributed by atoms with van der Waals surface area (Å²) < 4.78 is 0. The lowest BCUT2D eigenvalue weighted by atomic mass is 10.0. The SMILES string of the molecule is CCCCCCCCCCc1cccc2ncccc12. The molecule has 0 amide bonds. The zero-order valence-electron chi connectivity index (χ0n) is 12.8. The summed E-state index contributed by atoms with van der Waals surface area (Å²) >= 11 is 0. The Morgan fingerprint density at radius 2 is 1.55 bits per heavy atom. The third-order valence-electron chi connectivity index (χ3n) is 4.04. The van der Waals surface area contributed by atoms with Crippen LogP contribution in [0.5, 0.6) is 0 Å². The van der Waals surface area contributed by atoms with E-state index in [4.69, 9.17) is 0 Å². The lowest BCUT2D eigenvalue weighted by Gasteiger charge is -2.06. The van der Waals surface area contributed by atoms with Crippen molar-refractivity contribution >= 4 is 10.9 Å². The molecule has 1 aromatic heterocycles. The minimum Gasteiger partial charge on any atom is -0.256 e. The van der Waals surface area contributed by atoms with Crippen LogP contribution in [0.1, 0.15) is 63.9 Å². The Bertz CT molecular complexity index is 499. The number of hydrogen-bond donors (Lipinski definition) is 0. The number of rotatable bonds is 9. The van der Waals surface area contributed by atoms with E-state index < -0.39 is 0 Å². The van der Waals surface area contributed by atoms with Gasteiger partial charge in [-0.2, -0.15) is 0 Å². The molecular weight excluding hydrogens is 242 g/mol. The van der Waals surface area contributed by atoms with E-state index in [1.54, 1.807) is 0 Å². The Balaban J connectivity index is 1.71. The lowest BCUT2D eigenvalue weighted by Crippen LogP contribution is -1.89. The molecule has 0 aliphatic rings. The molecule has 0 bridgehead atoms. The van der Waals surface area contributed by atoms with Gasteiger partial charge >= 0.3 is 0 Å². The van der Waals surface area contributed by atoms with E-state index in [0.29, 0.717) is 0 Å². The zero-order chi connectivity index (χ0) is 14.0. The first-order chi connectivity index (χ1) is 9.92. The van der Waals surface area contributed by atoms with Crippen molar-refractivity contribution in [2.75, 3.05) is 0 Å². The van der Waals surface area contributed by atoms with E-state index in [1.807, 2.05) is 12.3 Å². The molecule has 2 rings (SSSR count). The highest BCUT2D eigenvalue weighted by atomic mass is 14.6. The second kappa shape index (κ2) is 8.73. The van der Waals surface area contributed by atoms with Crippen LogP contribution in [0.15, 0.2) is 36.5 Å². The summed E-state index contributed by atoms with van der Waals surface area (Å²) in [4.78, 5) is 4.43. The van der Waals surface area contributed by atoms with Gasteiger partial charge in [0.25, 0.3) is 0 Å². The van der Waals surface area contributed by atoms with E-state index in [2.05, 4.69) is 36.2 Å². The zero-order valence-corrected chi connectivity index (χ0v) is 12.8. The van der Waals surface area contributed by atoms with Gasteiger partial charge in [0.1, 0.15) is 0 Å². The minimum atomic E-state index is 1.13. The maximum absolute atomic E-state index is 4.43. The van der Waals surface area contributed by atoms with Crippen LogP contribution in [0.2, 0.25) is 0 Å². The summed E-state index contributed by atoms with van der Waals surface area (Å²) in [5.74, 6) is 0. The van der Waals surface area contributed by atoms with Gasteiger partial charge in [0.05, 0.1) is 5.52 Å². The van der Waals surface area contributed by atoms with Crippen LogP contribution in [0.25, 0.3) is 10.9 Å². The first-order valence-corrected chi connectivity index (χ1v) is 8.24. The quantitative estimate of drug-likeness (QED) is 0.515. The third-order valence-corrected chi connectivity index (χ3v) is 4.04.